The molecule has 29 heavy (non-hydrogen) atoms. The molecule has 1 aromatic heterocycles. The Bertz CT molecular complexity index is 1110. The van der Waals surface area contributed by atoms with Crippen molar-refractivity contribution in [2.45, 2.75) is 24.7 Å². The predicted octanol–water partition coefficient (Wildman–Crippen LogP) is 2.21. The first-order valence-electron chi connectivity index (χ1n) is 9.40. The molecule has 1 saturated heterocycles. The predicted molar refractivity (Wildman–Crippen MR) is 107 cm³/mol. The number of fused-ring (bicyclic) bond motifs is 5. The van der Waals surface area contributed by atoms with Crippen LogP contribution in [0.1, 0.15) is 18.4 Å². The number of aromatic nitrogens is 2. The number of hydrogen-bond acceptors (Lipinski definition) is 7. The van der Waals surface area contributed by atoms with Crippen LogP contribution in [0.15, 0.2) is 41.3 Å². The summed E-state index contributed by atoms with van der Waals surface area (Å²) < 4.78 is 27.6. The summed E-state index contributed by atoms with van der Waals surface area (Å²) in [7, 11) is -3.84. The molecule has 2 amide bonds. The summed E-state index contributed by atoms with van der Waals surface area (Å²) in [4.78, 5) is 27.0. The van der Waals surface area contributed by atoms with E-state index in [9.17, 15) is 18.0 Å². The van der Waals surface area contributed by atoms with Gasteiger partial charge < -0.3 is 0 Å². The number of sulfonamides is 1. The van der Waals surface area contributed by atoms with Gasteiger partial charge in [-0.2, -0.15) is 0 Å². The molecule has 0 spiro atoms. The maximum Gasteiger partial charge on any atom is 0.263 e. The van der Waals surface area contributed by atoms with Crippen LogP contribution < -0.4 is 9.62 Å². The zero-order valence-corrected chi connectivity index (χ0v) is 17.1. The fourth-order valence-corrected chi connectivity index (χ4v) is 6.45. The molecule has 2 fully saturated rings. The van der Waals surface area contributed by atoms with Crippen molar-refractivity contribution >= 4 is 44.0 Å². The molecule has 0 unspecified atom stereocenters. The SMILES string of the molecule is CCc1nnc(NS(=O)(=O)c2ccc(N3C(=O)[C@@H]4[C@H](C3=O)[C@H]3C=C[C@H]4C3)cc2)s1. The number of carbonyl (C=O) groups excluding carboxylic acids is 2. The first-order valence-corrected chi connectivity index (χ1v) is 11.7. The second-order valence-electron chi connectivity index (χ2n) is 7.47. The molecule has 8 nitrogen and oxygen atoms in total. The number of allylic oxidation sites excluding steroid dienone is 2. The monoisotopic (exact) mass is 430 g/mol. The second kappa shape index (κ2) is 6.46. The highest BCUT2D eigenvalue weighted by atomic mass is 32.2. The van der Waals surface area contributed by atoms with Crippen LogP contribution in [0, 0.1) is 23.7 Å². The van der Waals surface area contributed by atoms with Gasteiger partial charge in [-0.3, -0.25) is 19.2 Å². The van der Waals surface area contributed by atoms with Gasteiger partial charge in [-0.15, -0.1) is 10.2 Å². The number of nitrogens with zero attached hydrogens (tertiary/aromatic N) is 3. The van der Waals surface area contributed by atoms with Crippen molar-refractivity contribution in [3.8, 4) is 0 Å². The topological polar surface area (TPSA) is 109 Å². The standard InChI is InChI=1S/C19H18N4O4S2/c1-2-14-20-21-19(28-14)22-29(26,27)13-7-5-12(6-8-13)23-17(24)15-10-3-4-11(9-10)16(15)18(23)25/h3-8,10-11,15-16H,2,9H2,1H3,(H,21,22)/t10-,11-,15-,16+/m0/s1. The van der Waals surface area contributed by atoms with Crippen LogP contribution in [0.4, 0.5) is 10.8 Å². The fraction of sp³-hybridized carbons (Fsp3) is 0.368. The number of nitrogens with one attached hydrogen (secondary N) is 1. The molecule has 10 heteroatoms. The van der Waals surface area contributed by atoms with Crippen LogP contribution in [0.5, 0.6) is 0 Å². The van der Waals surface area contributed by atoms with E-state index in [4.69, 9.17) is 0 Å². The summed E-state index contributed by atoms with van der Waals surface area (Å²) in [6.45, 7) is 1.91. The molecule has 1 aliphatic heterocycles. The van der Waals surface area contributed by atoms with E-state index in [1.807, 2.05) is 19.1 Å². The van der Waals surface area contributed by atoms with E-state index < -0.39 is 10.0 Å². The van der Waals surface area contributed by atoms with Crippen molar-refractivity contribution in [1.82, 2.24) is 10.2 Å². The van der Waals surface area contributed by atoms with Gasteiger partial charge in [0, 0.05) is 0 Å². The summed E-state index contributed by atoms with van der Waals surface area (Å²) in [5.74, 6) is -0.677. The average Bonchev–Trinajstić information content (AvgIpc) is 3.46. The van der Waals surface area contributed by atoms with Crippen LogP contribution in [0.25, 0.3) is 0 Å². The minimum absolute atomic E-state index is 0.0236. The van der Waals surface area contributed by atoms with Gasteiger partial charge in [0.25, 0.3) is 10.0 Å². The van der Waals surface area contributed by atoms with Gasteiger partial charge in [0.15, 0.2) is 0 Å². The van der Waals surface area contributed by atoms with Crippen LogP contribution in [-0.4, -0.2) is 30.4 Å². The third kappa shape index (κ3) is 2.81. The molecule has 1 N–H and O–H groups in total. The molecule has 0 radical (unpaired) electrons. The lowest BCUT2D eigenvalue weighted by molar-refractivity contribution is -0.123. The third-order valence-corrected chi connectivity index (χ3v) is 8.33. The molecule has 5 rings (SSSR count). The Morgan fingerprint density at radius 2 is 1.69 bits per heavy atom. The molecule has 1 saturated carbocycles. The maximum absolute atomic E-state index is 12.9. The van der Waals surface area contributed by atoms with Gasteiger partial charge in [0.05, 0.1) is 22.4 Å². The van der Waals surface area contributed by atoms with Crippen LogP contribution in [0.2, 0.25) is 0 Å². The summed E-state index contributed by atoms with van der Waals surface area (Å²) in [5, 5.41) is 8.66. The van der Waals surface area contributed by atoms with Crippen molar-refractivity contribution < 1.29 is 18.0 Å². The molecule has 3 aliphatic rings. The summed E-state index contributed by atoms with van der Waals surface area (Å²) in [6, 6.07) is 5.78. The van der Waals surface area contributed by atoms with Gasteiger partial charge in [0.1, 0.15) is 5.01 Å². The number of anilines is 2. The lowest BCUT2D eigenvalue weighted by Gasteiger charge is -2.17. The largest absolute Gasteiger partial charge is 0.274 e. The van der Waals surface area contributed by atoms with E-state index in [-0.39, 0.29) is 45.5 Å². The molecular weight excluding hydrogens is 412 g/mol. The first-order chi connectivity index (χ1) is 13.9. The average molecular weight is 431 g/mol. The van der Waals surface area contributed by atoms with Gasteiger partial charge in [-0.1, -0.05) is 30.4 Å². The highest BCUT2D eigenvalue weighted by molar-refractivity contribution is 7.93. The van der Waals surface area contributed by atoms with Crippen molar-refractivity contribution in [3.63, 3.8) is 0 Å². The minimum atomic E-state index is -3.84. The zero-order chi connectivity index (χ0) is 20.3. The highest BCUT2D eigenvalue weighted by Gasteiger charge is 2.59. The van der Waals surface area contributed by atoms with Crippen molar-refractivity contribution in [2.75, 3.05) is 9.62 Å². The summed E-state index contributed by atoms with van der Waals surface area (Å²) >= 11 is 1.18. The van der Waals surface area contributed by atoms with Crippen molar-refractivity contribution in [1.29, 1.82) is 0 Å². The van der Waals surface area contributed by atoms with Gasteiger partial charge in [0.2, 0.25) is 16.9 Å². The third-order valence-electron chi connectivity index (χ3n) is 5.87. The van der Waals surface area contributed by atoms with Gasteiger partial charge in [-0.05, 0) is 48.9 Å². The second-order valence-corrected chi connectivity index (χ2v) is 10.2. The molecule has 1 aromatic carbocycles. The number of imide groups is 1. The molecule has 2 aliphatic carbocycles. The van der Waals surface area contributed by atoms with E-state index in [2.05, 4.69) is 14.9 Å². The number of hydrogen-bond donors (Lipinski definition) is 1. The Kier molecular flexibility index (Phi) is 4.11. The number of rotatable bonds is 5. The Morgan fingerprint density at radius 3 is 2.24 bits per heavy atom. The van der Waals surface area contributed by atoms with E-state index in [1.165, 1.54) is 40.5 Å². The molecule has 150 valence electrons. The zero-order valence-electron chi connectivity index (χ0n) is 15.5. The minimum Gasteiger partial charge on any atom is -0.274 e. The molecule has 2 bridgehead atoms. The van der Waals surface area contributed by atoms with Crippen molar-refractivity contribution in [3.05, 3.63) is 41.4 Å². The number of benzene rings is 1. The summed E-state index contributed by atoms with van der Waals surface area (Å²) in [6.07, 6.45) is 5.62. The molecule has 2 heterocycles. The number of carbonyl (C=O) groups is 2. The molecular formula is C19H18N4O4S2. The maximum atomic E-state index is 12.9. The van der Waals surface area contributed by atoms with E-state index in [0.29, 0.717) is 12.1 Å². The first kappa shape index (κ1) is 18.4. The van der Waals surface area contributed by atoms with E-state index in [0.717, 1.165) is 11.4 Å². The van der Waals surface area contributed by atoms with Crippen LogP contribution in [-0.2, 0) is 26.0 Å². The highest BCUT2D eigenvalue weighted by Crippen LogP contribution is 2.53. The quantitative estimate of drug-likeness (QED) is 0.575. The van der Waals surface area contributed by atoms with Gasteiger partial charge >= 0.3 is 0 Å². The van der Waals surface area contributed by atoms with Gasteiger partial charge in [-0.25, -0.2) is 8.42 Å². The van der Waals surface area contributed by atoms with E-state index >= 15 is 0 Å². The smallest absolute Gasteiger partial charge is 0.263 e. The number of amides is 2. The van der Waals surface area contributed by atoms with Crippen LogP contribution >= 0.6 is 11.3 Å². The summed E-state index contributed by atoms with van der Waals surface area (Å²) in [5.41, 5.74) is 0.400. The Morgan fingerprint density at radius 1 is 1.07 bits per heavy atom. The molecule has 4 atom stereocenters. The lowest BCUT2D eigenvalue weighted by Crippen LogP contribution is -2.32. The fourth-order valence-electron chi connectivity index (χ4n) is 4.54. The Hall–Kier alpha value is -2.59. The lowest BCUT2D eigenvalue weighted by atomic mass is 9.85. The van der Waals surface area contributed by atoms with E-state index in [1.54, 1.807) is 0 Å². The number of aryl methyl sites for hydroxylation is 1. The van der Waals surface area contributed by atoms with Crippen molar-refractivity contribution in [2.24, 2.45) is 23.7 Å². The normalized spacial score (nSPS) is 27.7. The Labute approximate surface area is 171 Å². The Balaban J connectivity index is 1.38. The van der Waals surface area contributed by atoms with Crippen LogP contribution in [0.3, 0.4) is 0 Å². The molecule has 2 aromatic rings.